The number of aromatic nitrogens is 4. The van der Waals surface area contributed by atoms with Gasteiger partial charge >= 0.3 is 0 Å². The van der Waals surface area contributed by atoms with E-state index in [4.69, 9.17) is 0 Å². The summed E-state index contributed by atoms with van der Waals surface area (Å²) in [5.74, 6) is 0.385. The maximum Gasteiger partial charge on any atom is 0.186 e. The van der Waals surface area contributed by atoms with E-state index in [2.05, 4.69) is 29.1 Å². The van der Waals surface area contributed by atoms with Gasteiger partial charge in [0.1, 0.15) is 0 Å². The summed E-state index contributed by atoms with van der Waals surface area (Å²) in [6, 6.07) is 0. The van der Waals surface area contributed by atoms with Gasteiger partial charge in [-0.1, -0.05) is 19.1 Å². The van der Waals surface area contributed by atoms with E-state index in [0.717, 1.165) is 5.56 Å². The summed E-state index contributed by atoms with van der Waals surface area (Å²) >= 11 is 0. The van der Waals surface area contributed by atoms with E-state index in [9.17, 15) is 4.79 Å². The van der Waals surface area contributed by atoms with Gasteiger partial charge in [0.25, 0.3) is 0 Å². The van der Waals surface area contributed by atoms with E-state index in [-0.39, 0.29) is 5.69 Å². The highest BCUT2D eigenvalue weighted by Crippen LogP contribution is 2.13. The van der Waals surface area contributed by atoms with Crippen LogP contribution in [0.25, 0.3) is 5.65 Å². The maximum atomic E-state index is 10.5. The molecular formula is C9H10N4O. The molecule has 0 radical (unpaired) electrons. The Bertz CT molecular complexity index is 475. The fourth-order valence-electron chi connectivity index (χ4n) is 1.20. The second kappa shape index (κ2) is 3.17. The Kier molecular flexibility index (Phi) is 1.99. The minimum atomic E-state index is 0.278. The highest BCUT2D eigenvalue weighted by atomic mass is 16.1. The Labute approximate surface area is 80.8 Å². The molecule has 0 aliphatic rings. The second-order valence-electron chi connectivity index (χ2n) is 3.40. The normalized spacial score (nSPS) is 11.1. The molecule has 2 aromatic rings. The molecular weight excluding hydrogens is 180 g/mol. The Morgan fingerprint density at radius 1 is 1.50 bits per heavy atom. The number of nitrogens with zero attached hydrogens (tertiary/aromatic N) is 4. The van der Waals surface area contributed by atoms with Crippen LogP contribution in [-0.4, -0.2) is 26.1 Å². The van der Waals surface area contributed by atoms with Gasteiger partial charge in [-0.05, 0) is 11.5 Å². The summed E-state index contributed by atoms with van der Waals surface area (Å²) < 4.78 is 1.53. The third kappa shape index (κ3) is 1.26. The van der Waals surface area contributed by atoms with Crippen LogP contribution in [0.3, 0.4) is 0 Å². The van der Waals surface area contributed by atoms with Crippen molar-refractivity contribution in [2.45, 2.75) is 19.8 Å². The van der Waals surface area contributed by atoms with Crippen LogP contribution in [0.5, 0.6) is 0 Å². The molecule has 0 N–H and O–H groups in total. The maximum absolute atomic E-state index is 10.5. The van der Waals surface area contributed by atoms with Crippen LogP contribution in [0.15, 0.2) is 12.4 Å². The molecule has 0 saturated heterocycles. The summed E-state index contributed by atoms with van der Waals surface area (Å²) in [5.41, 5.74) is 1.85. The Morgan fingerprint density at radius 2 is 2.29 bits per heavy atom. The third-order valence-corrected chi connectivity index (χ3v) is 2.08. The Balaban J connectivity index is 2.63. The summed E-state index contributed by atoms with van der Waals surface area (Å²) in [6.45, 7) is 4.14. The molecule has 2 heterocycles. The molecule has 0 saturated carbocycles. The highest BCUT2D eigenvalue weighted by molar-refractivity contribution is 5.80. The zero-order valence-corrected chi connectivity index (χ0v) is 8.01. The standard InChI is InChI=1S/C9H10N4O/c1-6(2)7-3-10-9-8(5-14)11-12-13(9)4-7/h3-6H,1-2H3. The van der Waals surface area contributed by atoms with Gasteiger partial charge < -0.3 is 0 Å². The molecule has 0 aliphatic carbocycles. The topological polar surface area (TPSA) is 60.2 Å². The Hall–Kier alpha value is -1.78. The summed E-state index contributed by atoms with van der Waals surface area (Å²) in [6.07, 6.45) is 4.24. The first-order valence-electron chi connectivity index (χ1n) is 4.38. The van der Waals surface area contributed by atoms with Gasteiger partial charge in [-0.2, -0.15) is 0 Å². The summed E-state index contributed by atoms with van der Waals surface area (Å²) in [4.78, 5) is 14.7. The lowest BCUT2D eigenvalue weighted by Crippen LogP contribution is -1.96. The first-order valence-corrected chi connectivity index (χ1v) is 4.38. The van der Waals surface area contributed by atoms with Gasteiger partial charge in [0.05, 0.1) is 0 Å². The smallest absolute Gasteiger partial charge is 0.186 e. The van der Waals surface area contributed by atoms with Gasteiger partial charge in [-0.15, -0.1) is 5.10 Å². The van der Waals surface area contributed by atoms with Crippen molar-refractivity contribution in [3.8, 4) is 0 Å². The third-order valence-electron chi connectivity index (χ3n) is 2.08. The minimum absolute atomic E-state index is 0.278. The molecule has 0 aliphatic heterocycles. The van der Waals surface area contributed by atoms with Crippen molar-refractivity contribution in [1.82, 2.24) is 19.8 Å². The predicted molar refractivity (Wildman–Crippen MR) is 50.3 cm³/mol. The lowest BCUT2D eigenvalue weighted by molar-refractivity contribution is 0.112. The average molecular weight is 190 g/mol. The van der Waals surface area contributed by atoms with E-state index in [0.29, 0.717) is 17.9 Å². The van der Waals surface area contributed by atoms with Gasteiger partial charge in [0, 0.05) is 12.4 Å². The van der Waals surface area contributed by atoms with Crippen LogP contribution >= 0.6 is 0 Å². The number of carbonyl (C=O) groups excluding carboxylic acids is 1. The molecule has 2 aromatic heterocycles. The SMILES string of the molecule is CC(C)c1cnc2c(C=O)nnn2c1. The predicted octanol–water partition coefficient (Wildman–Crippen LogP) is 1.06. The lowest BCUT2D eigenvalue weighted by atomic mass is 10.1. The van der Waals surface area contributed by atoms with Crippen molar-refractivity contribution >= 4 is 11.9 Å². The van der Waals surface area contributed by atoms with E-state index >= 15 is 0 Å². The van der Waals surface area contributed by atoms with E-state index in [1.165, 1.54) is 4.52 Å². The van der Waals surface area contributed by atoms with E-state index < -0.39 is 0 Å². The molecule has 0 amide bonds. The molecule has 0 fully saturated rings. The molecule has 14 heavy (non-hydrogen) atoms. The number of aldehydes is 1. The fraction of sp³-hybridized carbons (Fsp3) is 0.333. The second-order valence-corrected chi connectivity index (χ2v) is 3.40. The van der Waals surface area contributed by atoms with Crippen LogP contribution in [0.2, 0.25) is 0 Å². The zero-order valence-electron chi connectivity index (χ0n) is 8.01. The van der Waals surface area contributed by atoms with Crippen molar-refractivity contribution < 1.29 is 4.79 Å². The number of rotatable bonds is 2. The van der Waals surface area contributed by atoms with Crippen LogP contribution < -0.4 is 0 Å². The molecule has 2 rings (SSSR count). The van der Waals surface area contributed by atoms with Crippen molar-refractivity contribution in [2.24, 2.45) is 0 Å². The molecule has 0 bridgehead atoms. The summed E-state index contributed by atoms with van der Waals surface area (Å²) in [5, 5.41) is 7.50. The molecule has 0 atom stereocenters. The van der Waals surface area contributed by atoms with Crippen LogP contribution in [-0.2, 0) is 0 Å². The van der Waals surface area contributed by atoms with Gasteiger partial charge in [-0.25, -0.2) is 9.50 Å². The number of carbonyl (C=O) groups is 1. The Morgan fingerprint density at radius 3 is 2.93 bits per heavy atom. The van der Waals surface area contributed by atoms with E-state index in [1.54, 1.807) is 6.20 Å². The lowest BCUT2D eigenvalue weighted by Gasteiger charge is -2.03. The van der Waals surface area contributed by atoms with Crippen LogP contribution in [0.1, 0.15) is 35.8 Å². The quantitative estimate of drug-likeness (QED) is 0.664. The van der Waals surface area contributed by atoms with Gasteiger partial charge in [0.2, 0.25) is 0 Å². The molecule has 0 aromatic carbocycles. The van der Waals surface area contributed by atoms with Crippen molar-refractivity contribution in [1.29, 1.82) is 0 Å². The molecule has 0 spiro atoms. The zero-order chi connectivity index (χ0) is 10.1. The number of hydrogen-bond acceptors (Lipinski definition) is 4. The largest absolute Gasteiger partial charge is 0.296 e. The number of hydrogen-bond donors (Lipinski definition) is 0. The molecule has 5 heteroatoms. The van der Waals surface area contributed by atoms with E-state index in [1.807, 2.05) is 6.20 Å². The van der Waals surface area contributed by atoms with Gasteiger partial charge in [0.15, 0.2) is 17.6 Å². The van der Waals surface area contributed by atoms with Gasteiger partial charge in [-0.3, -0.25) is 4.79 Å². The van der Waals surface area contributed by atoms with Crippen molar-refractivity contribution in [3.05, 3.63) is 23.7 Å². The molecule has 0 unspecified atom stereocenters. The summed E-state index contributed by atoms with van der Waals surface area (Å²) in [7, 11) is 0. The monoisotopic (exact) mass is 190 g/mol. The molecule has 5 nitrogen and oxygen atoms in total. The fourth-order valence-corrected chi connectivity index (χ4v) is 1.20. The number of fused-ring (bicyclic) bond motifs is 1. The highest BCUT2D eigenvalue weighted by Gasteiger charge is 2.07. The van der Waals surface area contributed by atoms with Crippen molar-refractivity contribution in [3.63, 3.8) is 0 Å². The molecule has 72 valence electrons. The van der Waals surface area contributed by atoms with Crippen molar-refractivity contribution in [2.75, 3.05) is 0 Å². The first kappa shape index (κ1) is 8.80. The average Bonchev–Trinajstić information content (AvgIpc) is 2.59. The minimum Gasteiger partial charge on any atom is -0.296 e. The van der Waals surface area contributed by atoms with Crippen LogP contribution in [0.4, 0.5) is 0 Å². The first-order chi connectivity index (χ1) is 6.72. The van der Waals surface area contributed by atoms with Crippen LogP contribution in [0, 0.1) is 0 Å².